The lowest BCUT2D eigenvalue weighted by Gasteiger charge is -2.05. The van der Waals surface area contributed by atoms with Crippen molar-refractivity contribution in [2.45, 2.75) is 13.0 Å². The van der Waals surface area contributed by atoms with Crippen LogP contribution in [0.5, 0.6) is 0 Å². The van der Waals surface area contributed by atoms with Crippen molar-refractivity contribution in [1.29, 1.82) is 0 Å². The van der Waals surface area contributed by atoms with E-state index >= 15 is 0 Å². The molecule has 0 radical (unpaired) electrons. The van der Waals surface area contributed by atoms with E-state index in [-0.39, 0.29) is 0 Å². The summed E-state index contributed by atoms with van der Waals surface area (Å²) < 4.78 is 0.511. The van der Waals surface area contributed by atoms with Crippen molar-refractivity contribution in [3.63, 3.8) is 0 Å². The highest BCUT2D eigenvalue weighted by atomic mass is 16.5. The van der Waals surface area contributed by atoms with Gasteiger partial charge >= 0.3 is 5.69 Å². The van der Waals surface area contributed by atoms with Crippen LogP contribution in [0.4, 0.5) is 0 Å². The molecule has 2 aromatic rings. The third kappa shape index (κ3) is 1.10. The summed E-state index contributed by atoms with van der Waals surface area (Å²) >= 11 is 0. The van der Waals surface area contributed by atoms with Crippen molar-refractivity contribution in [1.82, 2.24) is 9.71 Å². The molecule has 0 amide bonds. The molecule has 5 nitrogen and oxygen atoms in total. The van der Waals surface area contributed by atoms with Gasteiger partial charge in [-0.1, -0.05) is 12.1 Å². The molecule has 0 aliphatic carbocycles. The molecule has 2 rings (SSSR count). The Kier molecular flexibility index (Phi) is 1.82. The lowest BCUT2D eigenvalue weighted by Crippen LogP contribution is -2.13. The second-order valence-electron chi connectivity index (χ2n) is 3.16. The van der Waals surface area contributed by atoms with E-state index in [4.69, 9.17) is 0 Å². The van der Waals surface area contributed by atoms with E-state index in [1.807, 2.05) is 0 Å². The zero-order chi connectivity index (χ0) is 10.3. The fourth-order valence-electron chi connectivity index (χ4n) is 1.51. The summed E-state index contributed by atoms with van der Waals surface area (Å²) in [5.41, 5.74) is 0.750. The first-order chi connectivity index (χ1) is 6.61. The van der Waals surface area contributed by atoms with Crippen molar-refractivity contribution < 1.29 is 10.3 Å². The summed E-state index contributed by atoms with van der Waals surface area (Å²) in [6.45, 7) is 1.58. The summed E-state index contributed by atoms with van der Waals surface area (Å²) in [5.74, 6) is 0. The van der Waals surface area contributed by atoms with E-state index in [1.165, 1.54) is 0 Å². The van der Waals surface area contributed by atoms with Gasteiger partial charge in [-0.25, -0.2) is 4.79 Å². The zero-order valence-corrected chi connectivity index (χ0v) is 7.56. The maximum atomic E-state index is 11.1. The van der Waals surface area contributed by atoms with Gasteiger partial charge in [0.25, 0.3) is 0 Å². The van der Waals surface area contributed by atoms with Crippen LogP contribution in [0.3, 0.4) is 0 Å². The summed E-state index contributed by atoms with van der Waals surface area (Å²) in [6, 6.07) is 5.03. The largest absolute Gasteiger partial charge is 0.424 e. The van der Waals surface area contributed by atoms with Gasteiger partial charge in [-0.05, 0) is 13.0 Å². The molecule has 5 heteroatoms. The average molecular weight is 194 g/mol. The van der Waals surface area contributed by atoms with E-state index in [9.17, 15) is 15.1 Å². The van der Waals surface area contributed by atoms with Gasteiger partial charge < -0.3 is 15.3 Å². The Morgan fingerprint density at radius 1 is 1.50 bits per heavy atom. The highest BCUT2D eigenvalue weighted by Crippen LogP contribution is 2.21. The number of rotatable bonds is 1. The lowest BCUT2D eigenvalue weighted by molar-refractivity contribution is 0.178. The number of H-pyrrole nitrogens is 1. The van der Waals surface area contributed by atoms with E-state index < -0.39 is 11.8 Å². The minimum Gasteiger partial charge on any atom is -0.424 e. The monoisotopic (exact) mass is 194 g/mol. The van der Waals surface area contributed by atoms with Gasteiger partial charge in [0.15, 0.2) is 0 Å². The number of aliphatic hydroxyl groups excluding tert-OH is 1. The topological polar surface area (TPSA) is 78.2 Å². The van der Waals surface area contributed by atoms with Gasteiger partial charge in [-0.15, -0.1) is 4.73 Å². The van der Waals surface area contributed by atoms with Gasteiger partial charge in [0.1, 0.15) is 5.52 Å². The molecular formula is C9H10N2O3. The van der Waals surface area contributed by atoms with Crippen molar-refractivity contribution in [3.8, 4) is 0 Å². The minimum atomic E-state index is -0.729. The summed E-state index contributed by atoms with van der Waals surface area (Å²) in [7, 11) is 0. The van der Waals surface area contributed by atoms with Crippen LogP contribution in [0.25, 0.3) is 11.0 Å². The molecule has 14 heavy (non-hydrogen) atoms. The number of nitrogens with zero attached hydrogens (tertiary/aromatic N) is 1. The first kappa shape index (κ1) is 8.83. The number of benzene rings is 1. The zero-order valence-electron chi connectivity index (χ0n) is 7.56. The van der Waals surface area contributed by atoms with E-state index in [2.05, 4.69) is 4.98 Å². The van der Waals surface area contributed by atoms with Crippen LogP contribution >= 0.6 is 0 Å². The molecule has 0 aliphatic heterocycles. The number of aliphatic hydroxyl groups is 1. The molecule has 3 N–H and O–H groups in total. The average Bonchev–Trinajstić information content (AvgIpc) is 2.43. The van der Waals surface area contributed by atoms with Crippen LogP contribution in [-0.4, -0.2) is 20.0 Å². The smallest absolute Gasteiger partial charge is 0.359 e. The fourth-order valence-corrected chi connectivity index (χ4v) is 1.51. The Hall–Kier alpha value is -1.75. The highest BCUT2D eigenvalue weighted by molar-refractivity contribution is 5.78. The summed E-state index contributed by atoms with van der Waals surface area (Å²) in [5, 5.41) is 18.8. The van der Waals surface area contributed by atoms with E-state index in [0.29, 0.717) is 21.3 Å². The van der Waals surface area contributed by atoms with Crippen LogP contribution < -0.4 is 5.69 Å². The summed E-state index contributed by atoms with van der Waals surface area (Å²) in [4.78, 5) is 13.6. The standard InChI is InChI=1S/C9H10N2O3/c1-5(12)6-3-2-4-7-8(6)11(14)9(13)10-7/h2-5,12,14H,1H3,(H,10,13). The lowest BCUT2D eigenvalue weighted by atomic mass is 10.1. The number of hydrogen-bond donors (Lipinski definition) is 3. The second-order valence-corrected chi connectivity index (χ2v) is 3.16. The van der Waals surface area contributed by atoms with E-state index in [1.54, 1.807) is 25.1 Å². The number of imidazole rings is 1. The predicted octanol–water partition coefficient (Wildman–Crippen LogP) is 0.620. The molecule has 1 aromatic carbocycles. The molecular weight excluding hydrogens is 184 g/mol. The van der Waals surface area contributed by atoms with Gasteiger partial charge in [0.05, 0.1) is 11.6 Å². The summed E-state index contributed by atoms with van der Waals surface area (Å²) in [6.07, 6.45) is -0.729. The second kappa shape index (κ2) is 2.88. The van der Waals surface area contributed by atoms with Crippen LogP contribution in [0.15, 0.2) is 23.0 Å². The Morgan fingerprint density at radius 3 is 2.86 bits per heavy atom. The molecule has 1 heterocycles. The molecule has 1 atom stereocenters. The molecule has 0 saturated heterocycles. The normalized spacial score (nSPS) is 13.3. The molecule has 0 bridgehead atoms. The van der Waals surface area contributed by atoms with Crippen molar-refractivity contribution >= 4 is 11.0 Å². The maximum absolute atomic E-state index is 11.1. The van der Waals surface area contributed by atoms with Crippen LogP contribution in [-0.2, 0) is 0 Å². The Balaban J connectivity index is 2.91. The Labute approximate surface area is 79.2 Å². The number of fused-ring (bicyclic) bond motifs is 1. The molecule has 74 valence electrons. The molecule has 1 unspecified atom stereocenters. The molecule has 0 spiro atoms. The first-order valence-corrected chi connectivity index (χ1v) is 4.22. The SMILES string of the molecule is CC(O)c1cccc2[nH]c(=O)n(O)c12. The number of nitrogens with one attached hydrogen (secondary N) is 1. The molecule has 1 aromatic heterocycles. The fraction of sp³-hybridized carbons (Fsp3) is 0.222. The molecule has 0 aliphatic rings. The highest BCUT2D eigenvalue weighted by Gasteiger charge is 2.12. The number of para-hydroxylation sites is 1. The van der Waals surface area contributed by atoms with Crippen LogP contribution in [0.1, 0.15) is 18.6 Å². The Bertz CT molecular complexity index is 524. The number of aromatic amines is 1. The van der Waals surface area contributed by atoms with Gasteiger partial charge in [0, 0.05) is 5.56 Å². The van der Waals surface area contributed by atoms with Crippen LogP contribution in [0.2, 0.25) is 0 Å². The van der Waals surface area contributed by atoms with Gasteiger partial charge in [0.2, 0.25) is 0 Å². The Morgan fingerprint density at radius 2 is 2.21 bits per heavy atom. The molecule has 0 saturated carbocycles. The first-order valence-electron chi connectivity index (χ1n) is 4.22. The number of aromatic nitrogens is 2. The van der Waals surface area contributed by atoms with E-state index in [0.717, 1.165) is 0 Å². The minimum absolute atomic E-state index is 0.326. The van der Waals surface area contributed by atoms with Gasteiger partial charge in [-0.2, -0.15) is 0 Å². The number of hydrogen-bond acceptors (Lipinski definition) is 3. The third-order valence-corrected chi connectivity index (χ3v) is 2.16. The maximum Gasteiger partial charge on any atom is 0.359 e. The van der Waals surface area contributed by atoms with Crippen LogP contribution in [0, 0.1) is 0 Å². The quantitative estimate of drug-likeness (QED) is 0.582. The molecule has 0 fully saturated rings. The van der Waals surface area contributed by atoms with Crippen molar-refractivity contribution in [2.75, 3.05) is 0 Å². The third-order valence-electron chi connectivity index (χ3n) is 2.16. The van der Waals surface area contributed by atoms with Crippen molar-refractivity contribution in [2.24, 2.45) is 0 Å². The predicted molar refractivity (Wildman–Crippen MR) is 50.4 cm³/mol. The van der Waals surface area contributed by atoms with Crippen molar-refractivity contribution in [3.05, 3.63) is 34.2 Å². The van der Waals surface area contributed by atoms with Gasteiger partial charge in [-0.3, -0.25) is 0 Å².